The van der Waals surface area contributed by atoms with Gasteiger partial charge in [0.25, 0.3) is 0 Å². The van der Waals surface area contributed by atoms with E-state index in [4.69, 9.17) is 4.74 Å². The van der Waals surface area contributed by atoms with E-state index in [1.807, 2.05) is 27.0 Å². The molecule has 0 unspecified atom stereocenters. The van der Waals surface area contributed by atoms with E-state index in [1.165, 1.54) is 11.8 Å². The quantitative estimate of drug-likeness (QED) is 0.154. The molecule has 5 N–H and O–H groups in total. The van der Waals surface area contributed by atoms with Gasteiger partial charge in [0.2, 0.25) is 0 Å². The van der Waals surface area contributed by atoms with Gasteiger partial charge in [-0.25, -0.2) is 0 Å². The van der Waals surface area contributed by atoms with Crippen molar-refractivity contribution in [3.63, 3.8) is 0 Å². The van der Waals surface area contributed by atoms with Gasteiger partial charge in [0.1, 0.15) is 0 Å². The molecule has 13 heteroatoms. The number of carbonyl (C=O) groups excluding carboxylic acids is 4. The van der Waals surface area contributed by atoms with Gasteiger partial charge in [-0.2, -0.15) is 0 Å². The van der Waals surface area contributed by atoms with Crippen molar-refractivity contribution in [2.75, 3.05) is 18.6 Å². The summed E-state index contributed by atoms with van der Waals surface area (Å²) in [5, 5.41) is 17.2. The predicted octanol–water partition coefficient (Wildman–Crippen LogP) is 1.51. The van der Waals surface area contributed by atoms with Gasteiger partial charge in [0, 0.05) is 0 Å². The maximum atomic E-state index is 12.8. The fraction of sp³-hybridized carbons (Fsp3) is 0.792. The number of carboxylic acid groups (broad SMARTS) is 1. The minimum absolute atomic E-state index is 0.105. The number of carbonyl (C=O) groups is 5. The third-order valence-corrected chi connectivity index (χ3v) is 7.41. The van der Waals surface area contributed by atoms with Gasteiger partial charge in [0.15, 0.2) is 0 Å². The van der Waals surface area contributed by atoms with Crippen molar-refractivity contribution in [1.82, 2.24) is 20.3 Å². The van der Waals surface area contributed by atoms with Crippen molar-refractivity contribution in [3.8, 4) is 0 Å². The Hall–Kier alpha value is -1.82. The van der Waals surface area contributed by atoms with Crippen molar-refractivity contribution < 1.29 is 33.8 Å². The number of amides is 3. The monoisotopic (exact) mass is 612 g/mol. The Balaban J connectivity index is 5.03. The van der Waals surface area contributed by atoms with Crippen LogP contribution in [-0.4, -0.2) is 91.1 Å². The topological polar surface area (TPSA) is 163 Å². The molecule has 11 nitrogen and oxygen atoms in total. The molecule has 0 aromatic rings. The van der Waals surface area contributed by atoms with E-state index in [-0.39, 0.29) is 23.1 Å². The van der Waals surface area contributed by atoms with E-state index in [2.05, 4.69) is 20.3 Å². The molecule has 0 fully saturated rings. The number of ether oxygens (including phenoxy) is 1. The van der Waals surface area contributed by atoms with E-state index >= 15 is 0 Å². The van der Waals surface area contributed by atoms with Crippen LogP contribution in [0, 0.1) is 11.8 Å². The van der Waals surface area contributed by atoms with Gasteiger partial charge < -0.3 is 0 Å². The molecule has 0 radical (unpaired) electrons. The molecular weight excluding hydrogens is 567 g/mol. The minimum atomic E-state index is -1.11. The number of hydrogen-bond donors (Lipinski definition) is 5. The standard InChI is InChI=1S/C24H44N4O7SSe/c1-9-15(4)19(22(32)33)27-21(31)16(10-11-36-8)28-37-18(29)13-25-20(30)17(12-14(2)3)26-23(34)35-24(5,6)7/h14-17,19,28H,9-13H2,1-8H3,(H,25,30)(H,26,34)(H,27,31)(H,32,33)/t15-,16-,17-,19-/m0/s1. The second kappa shape index (κ2) is 17.6. The van der Waals surface area contributed by atoms with E-state index < -0.39 is 62.8 Å². The van der Waals surface area contributed by atoms with Gasteiger partial charge in [-0.3, -0.25) is 0 Å². The Morgan fingerprint density at radius 3 is 2.11 bits per heavy atom. The number of nitrogens with one attached hydrogen (secondary N) is 4. The maximum absolute atomic E-state index is 12.8. The molecule has 0 heterocycles. The van der Waals surface area contributed by atoms with Gasteiger partial charge in [0.05, 0.1) is 0 Å². The molecule has 0 saturated carbocycles. The molecular formula is C24H44N4O7SSe. The van der Waals surface area contributed by atoms with Crippen LogP contribution >= 0.6 is 11.8 Å². The fourth-order valence-corrected chi connectivity index (χ4v) is 4.84. The fourth-order valence-electron chi connectivity index (χ4n) is 3.02. The molecule has 0 aromatic heterocycles. The van der Waals surface area contributed by atoms with Crippen LogP contribution < -0.4 is 20.3 Å². The Morgan fingerprint density at radius 1 is 1.00 bits per heavy atom. The zero-order valence-corrected chi connectivity index (χ0v) is 25.7. The first kappa shape index (κ1) is 35.2. The molecule has 37 heavy (non-hydrogen) atoms. The number of carboxylic acids is 1. The zero-order chi connectivity index (χ0) is 28.8. The molecule has 0 rings (SSSR count). The summed E-state index contributed by atoms with van der Waals surface area (Å²) >= 11 is 0.693. The molecule has 0 bridgehead atoms. The summed E-state index contributed by atoms with van der Waals surface area (Å²) < 4.78 is 7.88. The first-order valence-electron chi connectivity index (χ1n) is 12.4. The molecule has 0 aliphatic heterocycles. The molecule has 3 amide bonds. The summed E-state index contributed by atoms with van der Waals surface area (Å²) in [6, 6.07) is -2.62. The second-order valence-electron chi connectivity index (χ2n) is 10.2. The van der Waals surface area contributed by atoms with Gasteiger partial charge in [-0.15, -0.1) is 0 Å². The van der Waals surface area contributed by atoms with Gasteiger partial charge in [-0.05, 0) is 0 Å². The Bertz CT molecular complexity index is 777. The number of aliphatic carboxylic acids is 1. The van der Waals surface area contributed by atoms with E-state index in [9.17, 15) is 29.1 Å². The third-order valence-electron chi connectivity index (χ3n) is 5.14. The van der Waals surface area contributed by atoms with Crippen molar-refractivity contribution in [3.05, 3.63) is 0 Å². The van der Waals surface area contributed by atoms with E-state index in [0.29, 0.717) is 25.0 Å². The van der Waals surface area contributed by atoms with Crippen LogP contribution in [0.5, 0.6) is 0 Å². The summed E-state index contributed by atoms with van der Waals surface area (Å²) in [6.45, 7) is 12.3. The van der Waals surface area contributed by atoms with Gasteiger partial charge in [-0.1, -0.05) is 0 Å². The summed E-state index contributed by atoms with van der Waals surface area (Å²) in [6.07, 6.45) is 2.53. The van der Waals surface area contributed by atoms with Crippen LogP contribution in [0.15, 0.2) is 0 Å². The first-order valence-corrected chi connectivity index (χ1v) is 15.5. The molecule has 0 aromatic carbocycles. The van der Waals surface area contributed by atoms with Crippen LogP contribution in [0.25, 0.3) is 0 Å². The SMILES string of the molecule is CC[C@H](C)[C@H](NC(=O)[C@H](CCSC)N[Se]C(=O)CNC(=O)[C@H](CC(C)C)NC(=O)OC(C)(C)C)C(=O)O. The summed E-state index contributed by atoms with van der Waals surface area (Å²) in [4.78, 5) is 61.7. The molecule has 4 atom stereocenters. The molecule has 0 aliphatic carbocycles. The van der Waals surface area contributed by atoms with E-state index in [1.54, 1.807) is 27.7 Å². The summed E-state index contributed by atoms with van der Waals surface area (Å²) in [5.74, 6) is -1.59. The number of thioether (sulfide) groups is 1. The zero-order valence-electron chi connectivity index (χ0n) is 23.1. The van der Waals surface area contributed by atoms with Crippen LogP contribution in [0.1, 0.15) is 67.7 Å². The molecule has 0 aliphatic rings. The summed E-state index contributed by atoms with van der Waals surface area (Å²) in [7, 11) is 0. The molecule has 214 valence electrons. The average molecular weight is 612 g/mol. The van der Waals surface area contributed by atoms with Crippen LogP contribution in [0.4, 0.5) is 4.79 Å². The first-order chi connectivity index (χ1) is 17.1. The number of hydrogen-bond acceptors (Lipinski definition) is 8. The van der Waals surface area contributed by atoms with Crippen LogP contribution in [0.3, 0.4) is 0 Å². The van der Waals surface area contributed by atoms with Crippen LogP contribution in [-0.2, 0) is 23.9 Å². The van der Waals surface area contributed by atoms with Gasteiger partial charge >= 0.3 is 231 Å². The van der Waals surface area contributed by atoms with Crippen molar-refractivity contribution in [1.29, 1.82) is 0 Å². The summed E-state index contributed by atoms with van der Waals surface area (Å²) in [5.41, 5.74) is -0.717. The van der Waals surface area contributed by atoms with E-state index in [0.717, 1.165) is 0 Å². The molecule has 0 saturated heterocycles. The van der Waals surface area contributed by atoms with Crippen molar-refractivity contribution >= 4 is 55.5 Å². The number of alkyl carbamates (subject to hydrolysis) is 1. The Labute approximate surface area is 231 Å². The van der Waals surface area contributed by atoms with Crippen molar-refractivity contribution in [2.45, 2.75) is 91.5 Å². The second-order valence-corrected chi connectivity index (χ2v) is 13.0. The normalized spacial score (nSPS) is 14.7. The predicted molar refractivity (Wildman–Crippen MR) is 145 cm³/mol. The Morgan fingerprint density at radius 2 is 1.62 bits per heavy atom. The van der Waals surface area contributed by atoms with Crippen LogP contribution in [0.2, 0.25) is 0 Å². The molecule has 0 spiro atoms. The third kappa shape index (κ3) is 15.9. The van der Waals surface area contributed by atoms with Crippen molar-refractivity contribution in [2.24, 2.45) is 11.8 Å². The Kier molecular flexibility index (Phi) is 16.8. The average Bonchev–Trinajstić information content (AvgIpc) is 2.78. The number of rotatable bonds is 17.